The van der Waals surface area contributed by atoms with E-state index in [1.54, 1.807) is 6.07 Å². The van der Waals surface area contributed by atoms with E-state index in [4.69, 9.17) is 4.74 Å². The van der Waals surface area contributed by atoms with Crippen LogP contribution in [0.1, 0.15) is 27.7 Å². The second-order valence-corrected chi connectivity index (χ2v) is 6.82. The van der Waals surface area contributed by atoms with Crippen molar-refractivity contribution in [3.63, 3.8) is 0 Å². The number of fused-ring (bicyclic) bond motifs is 1. The molecule has 3 rings (SSSR count). The van der Waals surface area contributed by atoms with E-state index in [0.29, 0.717) is 4.88 Å². The van der Waals surface area contributed by atoms with Crippen LogP contribution in [0.25, 0.3) is 10.1 Å². The van der Waals surface area contributed by atoms with Crippen LogP contribution in [0.15, 0.2) is 48.5 Å². The molecule has 1 heterocycles. The number of rotatable bonds is 5. The summed E-state index contributed by atoms with van der Waals surface area (Å²) in [6.45, 7) is 3.68. The Morgan fingerprint density at radius 1 is 1.12 bits per heavy atom. The maximum atomic E-state index is 12.2. The quantitative estimate of drug-likeness (QED) is 0.684. The fourth-order valence-electron chi connectivity index (χ4n) is 2.66. The number of esters is 1. The minimum Gasteiger partial charge on any atom is -0.451 e. The maximum absolute atomic E-state index is 12.2. The fourth-order valence-corrected chi connectivity index (χ4v) is 3.62. The van der Waals surface area contributed by atoms with Crippen LogP contribution in [0.2, 0.25) is 0 Å². The Bertz CT molecular complexity index is 897. The van der Waals surface area contributed by atoms with E-state index >= 15 is 0 Å². The highest BCUT2D eigenvalue weighted by molar-refractivity contribution is 7.20. The molecule has 25 heavy (non-hydrogen) atoms. The van der Waals surface area contributed by atoms with Crippen LogP contribution in [0.3, 0.4) is 0 Å². The number of para-hydroxylation sites is 1. The molecule has 0 radical (unpaired) electrons. The number of amides is 1. The molecule has 0 atom stereocenters. The molecule has 128 valence electrons. The van der Waals surface area contributed by atoms with Gasteiger partial charge < -0.3 is 10.1 Å². The summed E-state index contributed by atoms with van der Waals surface area (Å²) in [7, 11) is 0. The molecule has 3 aromatic rings. The van der Waals surface area contributed by atoms with Crippen LogP contribution in [-0.4, -0.2) is 18.5 Å². The van der Waals surface area contributed by atoms with Gasteiger partial charge in [0.1, 0.15) is 4.88 Å². The lowest BCUT2D eigenvalue weighted by atomic mass is 10.1. The Labute approximate surface area is 150 Å². The van der Waals surface area contributed by atoms with Gasteiger partial charge in [0.15, 0.2) is 6.61 Å². The van der Waals surface area contributed by atoms with Crippen molar-refractivity contribution in [1.29, 1.82) is 0 Å². The van der Waals surface area contributed by atoms with Crippen molar-refractivity contribution in [2.24, 2.45) is 0 Å². The zero-order chi connectivity index (χ0) is 17.8. The predicted octanol–water partition coefficient (Wildman–Crippen LogP) is 4.57. The van der Waals surface area contributed by atoms with Crippen molar-refractivity contribution in [3.8, 4) is 0 Å². The highest BCUT2D eigenvalue weighted by Gasteiger charge is 2.14. The minimum atomic E-state index is -0.475. The third-order valence-corrected chi connectivity index (χ3v) is 5.06. The van der Waals surface area contributed by atoms with E-state index in [0.717, 1.165) is 33.3 Å². The molecule has 0 bridgehead atoms. The summed E-state index contributed by atoms with van der Waals surface area (Å²) < 4.78 is 6.18. The van der Waals surface area contributed by atoms with E-state index < -0.39 is 5.97 Å². The number of nitrogens with one attached hydrogen (secondary N) is 1. The molecule has 0 spiro atoms. The summed E-state index contributed by atoms with van der Waals surface area (Å²) in [5.41, 5.74) is 2.85. The molecule has 0 unspecified atom stereocenters. The average molecular weight is 353 g/mol. The van der Waals surface area contributed by atoms with Gasteiger partial charge in [-0.15, -0.1) is 11.3 Å². The third-order valence-electron chi connectivity index (χ3n) is 3.97. The molecule has 2 aromatic carbocycles. The molecule has 0 fully saturated rings. The number of anilines is 1. The first-order valence-electron chi connectivity index (χ1n) is 8.12. The second kappa shape index (κ2) is 7.49. The highest BCUT2D eigenvalue weighted by Crippen LogP contribution is 2.26. The van der Waals surface area contributed by atoms with Gasteiger partial charge in [-0.05, 0) is 42.0 Å². The van der Waals surface area contributed by atoms with Crippen LogP contribution in [-0.2, 0) is 16.0 Å². The summed E-state index contributed by atoms with van der Waals surface area (Å²) in [4.78, 5) is 24.8. The van der Waals surface area contributed by atoms with Crippen LogP contribution in [0, 0.1) is 6.92 Å². The number of carbonyl (C=O) groups is 2. The lowest BCUT2D eigenvalue weighted by Crippen LogP contribution is -2.21. The van der Waals surface area contributed by atoms with Gasteiger partial charge >= 0.3 is 5.97 Å². The van der Waals surface area contributed by atoms with Gasteiger partial charge in [0, 0.05) is 10.4 Å². The molecule has 1 aromatic heterocycles. The number of ether oxygens (including phenoxy) is 1. The van der Waals surface area contributed by atoms with Gasteiger partial charge in [0.05, 0.1) is 0 Å². The van der Waals surface area contributed by atoms with Gasteiger partial charge in [-0.25, -0.2) is 4.79 Å². The first-order valence-corrected chi connectivity index (χ1v) is 8.94. The molecule has 0 saturated carbocycles. The van der Waals surface area contributed by atoms with E-state index in [2.05, 4.69) is 5.32 Å². The van der Waals surface area contributed by atoms with E-state index in [-0.39, 0.29) is 12.5 Å². The predicted molar refractivity (Wildman–Crippen MR) is 101 cm³/mol. The highest BCUT2D eigenvalue weighted by atomic mass is 32.1. The van der Waals surface area contributed by atoms with E-state index in [1.165, 1.54) is 11.3 Å². The Hall–Kier alpha value is -2.66. The minimum absolute atomic E-state index is 0.301. The Balaban J connectivity index is 1.63. The van der Waals surface area contributed by atoms with Gasteiger partial charge in [0.2, 0.25) is 0 Å². The summed E-state index contributed by atoms with van der Waals surface area (Å²) >= 11 is 1.36. The Morgan fingerprint density at radius 2 is 1.92 bits per heavy atom. The summed E-state index contributed by atoms with van der Waals surface area (Å²) in [6.07, 6.45) is 0.818. The normalized spacial score (nSPS) is 10.6. The molecule has 0 aliphatic heterocycles. The second-order valence-electron chi connectivity index (χ2n) is 5.74. The Morgan fingerprint density at radius 3 is 2.68 bits per heavy atom. The average Bonchev–Trinajstić information content (AvgIpc) is 3.05. The summed E-state index contributed by atoms with van der Waals surface area (Å²) in [5.74, 6) is -0.810. The largest absolute Gasteiger partial charge is 0.451 e. The van der Waals surface area contributed by atoms with Crippen molar-refractivity contribution in [2.75, 3.05) is 11.9 Å². The number of benzene rings is 2. The fraction of sp³-hybridized carbons (Fsp3) is 0.200. The molecule has 5 heteroatoms. The van der Waals surface area contributed by atoms with E-state index in [9.17, 15) is 9.59 Å². The van der Waals surface area contributed by atoms with E-state index in [1.807, 2.05) is 56.3 Å². The molecule has 0 aliphatic carbocycles. The first-order chi connectivity index (χ1) is 12.1. The number of carbonyl (C=O) groups excluding carboxylic acids is 2. The molecule has 1 amide bonds. The van der Waals surface area contributed by atoms with Crippen molar-refractivity contribution >= 4 is 39.0 Å². The third kappa shape index (κ3) is 3.88. The van der Waals surface area contributed by atoms with Gasteiger partial charge in [-0.3, -0.25) is 4.79 Å². The first kappa shape index (κ1) is 17.2. The lowest BCUT2D eigenvalue weighted by Gasteiger charge is -2.12. The zero-order valence-corrected chi connectivity index (χ0v) is 15.0. The van der Waals surface area contributed by atoms with Crippen molar-refractivity contribution in [2.45, 2.75) is 20.3 Å². The van der Waals surface area contributed by atoms with Crippen molar-refractivity contribution < 1.29 is 14.3 Å². The number of hydrogen-bond donors (Lipinski definition) is 1. The van der Waals surface area contributed by atoms with Crippen molar-refractivity contribution in [3.05, 3.63) is 64.5 Å². The van der Waals surface area contributed by atoms with Crippen LogP contribution in [0.5, 0.6) is 0 Å². The number of hydrogen-bond acceptors (Lipinski definition) is 4. The SMILES string of the molecule is CCc1cccc(C)c1NC(=O)COC(=O)c1cc2ccccc2s1. The molecule has 0 aliphatic rings. The summed E-state index contributed by atoms with van der Waals surface area (Å²) in [5, 5.41) is 3.85. The maximum Gasteiger partial charge on any atom is 0.348 e. The van der Waals surface area contributed by atoms with Crippen molar-refractivity contribution in [1.82, 2.24) is 0 Å². The van der Waals surface area contributed by atoms with Crippen LogP contribution >= 0.6 is 11.3 Å². The molecule has 4 nitrogen and oxygen atoms in total. The number of aryl methyl sites for hydroxylation is 2. The number of thiophene rings is 1. The zero-order valence-electron chi connectivity index (χ0n) is 14.2. The smallest absolute Gasteiger partial charge is 0.348 e. The molecular weight excluding hydrogens is 334 g/mol. The monoisotopic (exact) mass is 353 g/mol. The lowest BCUT2D eigenvalue weighted by molar-refractivity contribution is -0.119. The molecule has 1 N–H and O–H groups in total. The molecular formula is C20H19NO3S. The molecule has 0 saturated heterocycles. The Kier molecular flexibility index (Phi) is 5.14. The van der Waals surface area contributed by atoms with Crippen LogP contribution in [0.4, 0.5) is 5.69 Å². The topological polar surface area (TPSA) is 55.4 Å². The van der Waals surface area contributed by atoms with Crippen LogP contribution < -0.4 is 5.32 Å². The van der Waals surface area contributed by atoms with Gasteiger partial charge in [0.25, 0.3) is 5.91 Å². The standard InChI is InChI=1S/C20H19NO3S/c1-3-14-9-6-7-13(2)19(14)21-18(22)12-24-20(23)17-11-15-8-4-5-10-16(15)25-17/h4-11H,3,12H2,1-2H3,(H,21,22). The van der Waals surface area contributed by atoms with Gasteiger partial charge in [-0.2, -0.15) is 0 Å². The van der Waals surface area contributed by atoms with Gasteiger partial charge in [-0.1, -0.05) is 43.3 Å². The summed E-state index contributed by atoms with van der Waals surface area (Å²) in [6, 6.07) is 15.4.